The van der Waals surface area contributed by atoms with Gasteiger partial charge in [0.2, 0.25) is 0 Å². The Morgan fingerprint density at radius 1 is 0.781 bits per heavy atom. The van der Waals surface area contributed by atoms with Crippen molar-refractivity contribution in [2.75, 3.05) is 0 Å². The van der Waals surface area contributed by atoms with E-state index in [4.69, 9.17) is 4.99 Å². The van der Waals surface area contributed by atoms with Gasteiger partial charge in [0.15, 0.2) is 5.82 Å². The minimum Gasteiger partial charge on any atom is -0.299 e. The van der Waals surface area contributed by atoms with Crippen molar-refractivity contribution >= 4 is 11.5 Å². The van der Waals surface area contributed by atoms with Crippen LogP contribution in [0.2, 0.25) is 0 Å². The SMILES string of the molecule is Fc1cccc(-n2cncc2-c2ccnc(N=C(c3ccccc3)c3ccccc3)c2)c1. The van der Waals surface area contributed by atoms with Gasteiger partial charge in [-0.05, 0) is 30.3 Å². The van der Waals surface area contributed by atoms with Crippen LogP contribution in [0, 0.1) is 5.82 Å². The highest BCUT2D eigenvalue weighted by Gasteiger charge is 2.11. The van der Waals surface area contributed by atoms with Crippen LogP contribution in [0.15, 0.2) is 121 Å². The first-order valence-electron chi connectivity index (χ1n) is 10.2. The molecular weight excluding hydrogens is 399 g/mol. The number of benzene rings is 3. The highest BCUT2D eigenvalue weighted by Crippen LogP contribution is 2.26. The summed E-state index contributed by atoms with van der Waals surface area (Å²) in [5.41, 5.74) is 5.28. The van der Waals surface area contributed by atoms with Crippen molar-refractivity contribution in [3.63, 3.8) is 0 Å². The van der Waals surface area contributed by atoms with Gasteiger partial charge < -0.3 is 0 Å². The van der Waals surface area contributed by atoms with E-state index in [2.05, 4.69) is 9.97 Å². The maximum absolute atomic E-state index is 13.8. The van der Waals surface area contributed by atoms with E-state index in [0.717, 1.165) is 28.1 Å². The van der Waals surface area contributed by atoms with E-state index in [9.17, 15) is 4.39 Å². The Balaban J connectivity index is 1.59. The second kappa shape index (κ2) is 8.78. The minimum atomic E-state index is -0.294. The van der Waals surface area contributed by atoms with E-state index in [1.165, 1.54) is 12.1 Å². The van der Waals surface area contributed by atoms with Crippen molar-refractivity contribution in [1.29, 1.82) is 0 Å². The molecule has 0 aliphatic carbocycles. The van der Waals surface area contributed by atoms with E-state index in [-0.39, 0.29) is 5.82 Å². The van der Waals surface area contributed by atoms with Crippen molar-refractivity contribution in [2.24, 2.45) is 4.99 Å². The van der Waals surface area contributed by atoms with Crippen LogP contribution < -0.4 is 0 Å². The molecule has 0 fully saturated rings. The first kappa shape index (κ1) is 19.6. The van der Waals surface area contributed by atoms with Crippen molar-refractivity contribution in [3.8, 4) is 16.9 Å². The maximum Gasteiger partial charge on any atom is 0.153 e. The Bertz CT molecular complexity index is 1330. The normalized spacial score (nSPS) is 10.7. The van der Waals surface area contributed by atoms with Gasteiger partial charge in [-0.1, -0.05) is 66.7 Å². The summed E-state index contributed by atoms with van der Waals surface area (Å²) in [6.07, 6.45) is 5.15. The van der Waals surface area contributed by atoms with Crippen LogP contribution in [0.5, 0.6) is 0 Å². The number of aliphatic imine (C=N–C) groups is 1. The van der Waals surface area contributed by atoms with Crippen LogP contribution in [0.1, 0.15) is 11.1 Å². The molecule has 154 valence electrons. The van der Waals surface area contributed by atoms with Crippen LogP contribution in [-0.4, -0.2) is 20.2 Å². The summed E-state index contributed by atoms with van der Waals surface area (Å²) in [7, 11) is 0. The Morgan fingerprint density at radius 3 is 2.19 bits per heavy atom. The third kappa shape index (κ3) is 4.09. The number of rotatable bonds is 5. The molecule has 0 aliphatic heterocycles. The largest absolute Gasteiger partial charge is 0.299 e. The Morgan fingerprint density at radius 2 is 1.50 bits per heavy atom. The lowest BCUT2D eigenvalue weighted by Gasteiger charge is -2.10. The first-order valence-corrected chi connectivity index (χ1v) is 10.2. The summed E-state index contributed by atoms with van der Waals surface area (Å²) in [5.74, 6) is 0.287. The molecule has 0 unspecified atom stereocenters. The van der Waals surface area contributed by atoms with Crippen LogP contribution >= 0.6 is 0 Å². The summed E-state index contributed by atoms with van der Waals surface area (Å²) in [6, 6.07) is 30.3. The molecule has 4 nitrogen and oxygen atoms in total. The molecule has 0 atom stereocenters. The fraction of sp³-hybridized carbons (Fsp3) is 0. The molecule has 0 radical (unpaired) electrons. The highest BCUT2D eigenvalue weighted by atomic mass is 19.1. The van der Waals surface area contributed by atoms with Gasteiger partial charge in [0, 0.05) is 22.9 Å². The predicted molar refractivity (Wildman–Crippen MR) is 125 cm³/mol. The fourth-order valence-electron chi connectivity index (χ4n) is 3.58. The van der Waals surface area contributed by atoms with E-state index in [1.807, 2.05) is 83.4 Å². The average Bonchev–Trinajstić information content (AvgIpc) is 3.34. The summed E-state index contributed by atoms with van der Waals surface area (Å²) >= 11 is 0. The van der Waals surface area contributed by atoms with Crippen molar-refractivity contribution in [2.45, 2.75) is 0 Å². The monoisotopic (exact) mass is 418 g/mol. The molecule has 2 heterocycles. The zero-order chi connectivity index (χ0) is 21.8. The maximum atomic E-state index is 13.8. The smallest absolute Gasteiger partial charge is 0.153 e. The molecule has 0 N–H and O–H groups in total. The lowest BCUT2D eigenvalue weighted by Crippen LogP contribution is -2.03. The molecule has 2 aromatic heterocycles. The quantitative estimate of drug-likeness (QED) is 0.317. The van der Waals surface area contributed by atoms with Crippen LogP contribution in [0.3, 0.4) is 0 Å². The van der Waals surface area contributed by atoms with Crippen molar-refractivity contribution < 1.29 is 4.39 Å². The third-order valence-electron chi connectivity index (χ3n) is 5.09. The Hall–Kier alpha value is -4.38. The number of imidazole rings is 1. The van der Waals surface area contributed by atoms with Gasteiger partial charge in [-0.3, -0.25) is 4.57 Å². The fourth-order valence-corrected chi connectivity index (χ4v) is 3.58. The standard InChI is InChI=1S/C27H19FN4/c28-23-12-7-13-24(17-23)32-19-29-18-25(32)22-14-15-30-26(16-22)31-27(20-8-3-1-4-9-20)21-10-5-2-6-11-21/h1-19H. The first-order chi connectivity index (χ1) is 15.8. The lowest BCUT2D eigenvalue weighted by molar-refractivity contribution is 0.626. The van der Waals surface area contributed by atoms with Gasteiger partial charge in [0.05, 0.1) is 29.6 Å². The van der Waals surface area contributed by atoms with Crippen LogP contribution in [0.4, 0.5) is 10.2 Å². The number of nitrogens with zero attached hydrogens (tertiary/aromatic N) is 4. The minimum absolute atomic E-state index is 0.294. The molecule has 0 bridgehead atoms. The van der Waals surface area contributed by atoms with E-state index in [1.54, 1.807) is 24.8 Å². The average molecular weight is 418 g/mol. The van der Waals surface area contributed by atoms with E-state index < -0.39 is 0 Å². The van der Waals surface area contributed by atoms with Gasteiger partial charge in [0.1, 0.15) is 5.82 Å². The summed E-state index contributed by atoms with van der Waals surface area (Å²) in [6.45, 7) is 0. The Kier molecular flexibility index (Phi) is 5.37. The van der Waals surface area contributed by atoms with Gasteiger partial charge in [-0.25, -0.2) is 19.4 Å². The molecule has 0 saturated carbocycles. The predicted octanol–water partition coefficient (Wildman–Crippen LogP) is 6.24. The molecule has 5 heteroatoms. The van der Waals surface area contributed by atoms with Gasteiger partial charge in [0.25, 0.3) is 0 Å². The second-order valence-electron chi connectivity index (χ2n) is 7.22. The number of aromatic nitrogens is 3. The number of hydrogen-bond donors (Lipinski definition) is 0. The van der Waals surface area contributed by atoms with E-state index >= 15 is 0 Å². The lowest BCUT2D eigenvalue weighted by atomic mass is 10.0. The molecular formula is C27H19FN4. The van der Waals surface area contributed by atoms with E-state index in [0.29, 0.717) is 11.5 Å². The molecule has 5 rings (SSSR count). The molecule has 32 heavy (non-hydrogen) atoms. The zero-order valence-electron chi connectivity index (χ0n) is 17.1. The number of hydrogen-bond acceptors (Lipinski definition) is 3. The van der Waals surface area contributed by atoms with Gasteiger partial charge in [-0.15, -0.1) is 0 Å². The summed E-state index contributed by atoms with van der Waals surface area (Å²) < 4.78 is 15.6. The van der Waals surface area contributed by atoms with Crippen molar-refractivity contribution in [3.05, 3.63) is 133 Å². The summed E-state index contributed by atoms with van der Waals surface area (Å²) in [5, 5.41) is 0. The molecule has 0 spiro atoms. The second-order valence-corrected chi connectivity index (χ2v) is 7.22. The Labute approximate surface area is 185 Å². The van der Waals surface area contributed by atoms with Crippen LogP contribution in [-0.2, 0) is 0 Å². The van der Waals surface area contributed by atoms with Gasteiger partial charge >= 0.3 is 0 Å². The molecule has 0 aliphatic rings. The third-order valence-corrected chi connectivity index (χ3v) is 5.09. The van der Waals surface area contributed by atoms with Gasteiger partial charge in [-0.2, -0.15) is 0 Å². The zero-order valence-corrected chi connectivity index (χ0v) is 17.1. The highest BCUT2D eigenvalue weighted by molar-refractivity contribution is 6.13. The van der Waals surface area contributed by atoms with Crippen molar-refractivity contribution in [1.82, 2.24) is 14.5 Å². The molecule has 3 aromatic carbocycles. The number of pyridine rings is 1. The topological polar surface area (TPSA) is 43.1 Å². The molecule has 0 amide bonds. The number of halogens is 1. The molecule has 0 saturated heterocycles. The summed E-state index contributed by atoms with van der Waals surface area (Å²) in [4.78, 5) is 13.7. The molecule has 5 aromatic rings. The van der Waals surface area contributed by atoms with Crippen LogP contribution in [0.25, 0.3) is 16.9 Å².